The van der Waals surface area contributed by atoms with Crippen LogP contribution in [0.1, 0.15) is 45.6 Å². The molecular formula is C18H30ClNO3. The van der Waals surface area contributed by atoms with Crippen molar-refractivity contribution in [1.82, 2.24) is 5.32 Å². The highest BCUT2D eigenvalue weighted by Crippen LogP contribution is 2.37. The fourth-order valence-corrected chi connectivity index (χ4v) is 2.38. The minimum Gasteiger partial charge on any atom is -0.493 e. The van der Waals surface area contributed by atoms with Crippen molar-refractivity contribution in [2.24, 2.45) is 0 Å². The Labute approximate surface area is 145 Å². The molecule has 0 unspecified atom stereocenters. The molecule has 0 amide bonds. The van der Waals surface area contributed by atoms with Crippen LogP contribution in [0.15, 0.2) is 12.1 Å². The molecule has 0 saturated heterocycles. The molecule has 0 spiro atoms. The monoisotopic (exact) mass is 343 g/mol. The maximum atomic E-state index is 6.32. The van der Waals surface area contributed by atoms with Crippen molar-refractivity contribution in [3.05, 3.63) is 22.7 Å². The maximum Gasteiger partial charge on any atom is 0.180 e. The summed E-state index contributed by atoms with van der Waals surface area (Å²) in [5, 5.41) is 3.98. The van der Waals surface area contributed by atoms with Gasteiger partial charge >= 0.3 is 0 Å². The molecular weight excluding hydrogens is 314 g/mol. The van der Waals surface area contributed by atoms with E-state index in [-0.39, 0.29) is 6.10 Å². The lowest BCUT2D eigenvalue weighted by molar-refractivity contribution is 0.129. The van der Waals surface area contributed by atoms with Gasteiger partial charge in [-0.2, -0.15) is 0 Å². The van der Waals surface area contributed by atoms with E-state index in [1.54, 1.807) is 7.11 Å². The van der Waals surface area contributed by atoms with Crippen LogP contribution < -0.4 is 14.8 Å². The van der Waals surface area contributed by atoms with Gasteiger partial charge in [0.15, 0.2) is 11.5 Å². The fourth-order valence-electron chi connectivity index (χ4n) is 2.11. The van der Waals surface area contributed by atoms with E-state index >= 15 is 0 Å². The van der Waals surface area contributed by atoms with E-state index in [9.17, 15) is 0 Å². The SMILES string of the molecule is CCCCOCCCNCc1cc(Cl)c(OC(C)C)c(OC)c1. The van der Waals surface area contributed by atoms with Crippen LogP contribution in [-0.4, -0.2) is 33.0 Å². The number of hydrogen-bond donors (Lipinski definition) is 1. The molecule has 0 radical (unpaired) electrons. The standard InChI is InChI=1S/C18H30ClNO3/c1-5-6-9-22-10-7-8-20-13-15-11-16(19)18(23-14(2)3)17(12-15)21-4/h11-12,14,20H,5-10,13H2,1-4H3. The van der Waals surface area contributed by atoms with Crippen molar-refractivity contribution in [1.29, 1.82) is 0 Å². The molecule has 23 heavy (non-hydrogen) atoms. The zero-order valence-electron chi connectivity index (χ0n) is 14.8. The summed E-state index contributed by atoms with van der Waals surface area (Å²) >= 11 is 6.32. The predicted octanol–water partition coefficient (Wildman–Crippen LogP) is 4.43. The van der Waals surface area contributed by atoms with Crippen LogP contribution in [0.5, 0.6) is 11.5 Å². The molecule has 132 valence electrons. The van der Waals surface area contributed by atoms with Gasteiger partial charge in [0.05, 0.1) is 18.2 Å². The third-order valence-corrected chi connectivity index (χ3v) is 3.54. The average molecular weight is 344 g/mol. The summed E-state index contributed by atoms with van der Waals surface area (Å²) in [6.45, 7) is 9.42. The van der Waals surface area contributed by atoms with Crippen molar-refractivity contribution in [2.75, 3.05) is 26.9 Å². The van der Waals surface area contributed by atoms with Gasteiger partial charge in [-0.1, -0.05) is 24.9 Å². The Morgan fingerprint density at radius 2 is 1.91 bits per heavy atom. The predicted molar refractivity (Wildman–Crippen MR) is 95.8 cm³/mol. The highest BCUT2D eigenvalue weighted by atomic mass is 35.5. The number of rotatable bonds is 12. The van der Waals surface area contributed by atoms with Gasteiger partial charge in [-0.15, -0.1) is 0 Å². The van der Waals surface area contributed by atoms with Crippen LogP contribution >= 0.6 is 11.6 Å². The molecule has 0 bridgehead atoms. The Balaban J connectivity index is 2.41. The highest BCUT2D eigenvalue weighted by Gasteiger charge is 2.13. The highest BCUT2D eigenvalue weighted by molar-refractivity contribution is 6.32. The van der Waals surface area contributed by atoms with Gasteiger partial charge in [0.1, 0.15) is 0 Å². The summed E-state index contributed by atoms with van der Waals surface area (Å²) in [6, 6.07) is 3.89. The van der Waals surface area contributed by atoms with E-state index in [1.165, 1.54) is 6.42 Å². The molecule has 0 aromatic heterocycles. The molecule has 5 heteroatoms. The van der Waals surface area contributed by atoms with Crippen LogP contribution in [0.2, 0.25) is 5.02 Å². The second-order valence-corrected chi connectivity index (χ2v) is 6.18. The van der Waals surface area contributed by atoms with Crippen molar-refractivity contribution < 1.29 is 14.2 Å². The van der Waals surface area contributed by atoms with E-state index in [4.69, 9.17) is 25.8 Å². The van der Waals surface area contributed by atoms with Crippen molar-refractivity contribution in [3.63, 3.8) is 0 Å². The lowest BCUT2D eigenvalue weighted by Crippen LogP contribution is -2.17. The average Bonchev–Trinajstić information content (AvgIpc) is 2.51. The van der Waals surface area contributed by atoms with E-state index in [0.29, 0.717) is 16.5 Å². The number of ether oxygens (including phenoxy) is 3. The molecule has 0 heterocycles. The molecule has 0 fully saturated rings. The smallest absolute Gasteiger partial charge is 0.180 e. The fraction of sp³-hybridized carbons (Fsp3) is 0.667. The molecule has 0 saturated carbocycles. The summed E-state index contributed by atoms with van der Waals surface area (Å²) in [7, 11) is 1.63. The molecule has 0 aliphatic rings. The molecule has 4 nitrogen and oxygen atoms in total. The van der Waals surface area contributed by atoms with Gasteiger partial charge in [0, 0.05) is 19.8 Å². The van der Waals surface area contributed by atoms with Crippen molar-refractivity contribution in [2.45, 2.75) is 52.7 Å². The number of nitrogens with one attached hydrogen (secondary N) is 1. The molecule has 1 N–H and O–H groups in total. The Hall–Kier alpha value is -0.970. The first-order valence-electron chi connectivity index (χ1n) is 8.40. The van der Waals surface area contributed by atoms with Gasteiger partial charge in [0.2, 0.25) is 0 Å². The Bertz CT molecular complexity index is 452. The normalized spacial score (nSPS) is 11.0. The number of methoxy groups -OCH3 is 1. The maximum absolute atomic E-state index is 6.32. The van der Waals surface area contributed by atoms with E-state index in [0.717, 1.165) is 44.7 Å². The second-order valence-electron chi connectivity index (χ2n) is 5.77. The van der Waals surface area contributed by atoms with Crippen LogP contribution in [0.4, 0.5) is 0 Å². The van der Waals surface area contributed by atoms with Gasteiger partial charge in [-0.25, -0.2) is 0 Å². The van der Waals surface area contributed by atoms with Gasteiger partial charge in [0.25, 0.3) is 0 Å². The van der Waals surface area contributed by atoms with Gasteiger partial charge in [-0.3, -0.25) is 0 Å². The lowest BCUT2D eigenvalue weighted by Gasteiger charge is -2.16. The topological polar surface area (TPSA) is 39.7 Å². The second kappa shape index (κ2) is 11.5. The third-order valence-electron chi connectivity index (χ3n) is 3.26. The molecule has 1 aromatic carbocycles. The zero-order valence-corrected chi connectivity index (χ0v) is 15.5. The number of benzene rings is 1. The molecule has 0 atom stereocenters. The van der Waals surface area contributed by atoms with Crippen LogP contribution in [-0.2, 0) is 11.3 Å². The van der Waals surface area contributed by atoms with E-state index < -0.39 is 0 Å². The minimum absolute atomic E-state index is 0.0538. The molecule has 0 aliphatic heterocycles. The van der Waals surface area contributed by atoms with Gasteiger partial charge in [-0.05, 0) is 50.9 Å². The first-order valence-corrected chi connectivity index (χ1v) is 8.77. The first-order chi connectivity index (χ1) is 11.1. The first kappa shape index (κ1) is 20.1. The minimum atomic E-state index is 0.0538. The Morgan fingerprint density at radius 1 is 1.17 bits per heavy atom. The van der Waals surface area contributed by atoms with Crippen molar-refractivity contribution in [3.8, 4) is 11.5 Å². The van der Waals surface area contributed by atoms with E-state index in [1.807, 2.05) is 26.0 Å². The molecule has 1 aromatic rings. The van der Waals surface area contributed by atoms with Crippen LogP contribution in [0.25, 0.3) is 0 Å². The van der Waals surface area contributed by atoms with Crippen LogP contribution in [0, 0.1) is 0 Å². The van der Waals surface area contributed by atoms with Crippen LogP contribution in [0.3, 0.4) is 0 Å². The lowest BCUT2D eigenvalue weighted by atomic mass is 10.2. The number of unbranched alkanes of at least 4 members (excludes halogenated alkanes) is 1. The molecule has 1 rings (SSSR count). The van der Waals surface area contributed by atoms with Crippen molar-refractivity contribution >= 4 is 11.6 Å². The Kier molecular flexibility index (Phi) is 10.1. The quantitative estimate of drug-likeness (QED) is 0.570. The Morgan fingerprint density at radius 3 is 2.57 bits per heavy atom. The summed E-state index contributed by atoms with van der Waals surface area (Å²) < 4.78 is 16.6. The van der Waals surface area contributed by atoms with E-state index in [2.05, 4.69) is 12.2 Å². The zero-order chi connectivity index (χ0) is 17.1. The summed E-state index contributed by atoms with van der Waals surface area (Å²) in [6.07, 6.45) is 3.37. The largest absolute Gasteiger partial charge is 0.493 e. The summed E-state index contributed by atoms with van der Waals surface area (Å²) in [5.74, 6) is 1.28. The molecule has 0 aliphatic carbocycles. The summed E-state index contributed by atoms with van der Waals surface area (Å²) in [4.78, 5) is 0. The number of hydrogen-bond acceptors (Lipinski definition) is 4. The summed E-state index contributed by atoms with van der Waals surface area (Å²) in [5.41, 5.74) is 1.08. The van der Waals surface area contributed by atoms with Gasteiger partial charge < -0.3 is 19.5 Å². The number of halogens is 1. The third kappa shape index (κ3) is 7.91.